The molecule has 1 heterocycles. The van der Waals surface area contributed by atoms with Crippen molar-refractivity contribution in [2.24, 2.45) is 0 Å². The number of hydrogen-bond acceptors (Lipinski definition) is 8. The Labute approximate surface area is 211 Å². The predicted octanol–water partition coefficient (Wildman–Crippen LogP) is 4.20. The van der Waals surface area contributed by atoms with Gasteiger partial charge in [0, 0.05) is 5.56 Å². The number of nitrogens with one attached hydrogen (secondary N) is 1. The number of methoxy groups -OCH3 is 2. The summed E-state index contributed by atoms with van der Waals surface area (Å²) in [5, 5.41) is 11.4. The standard InChI is InChI=1S/C24H21FN4O5S2/c1-33-19-9-3-16(4-10-19)23-27-28-24(35-23)26-22(30)15-29(18-7-5-17(25)6-8-18)36(31,32)21-13-11-20(34-2)12-14-21/h3-14H,15H2,1-2H3,(H,26,28,30). The molecule has 0 radical (unpaired) electrons. The van der Waals surface area contributed by atoms with E-state index in [-0.39, 0.29) is 15.7 Å². The van der Waals surface area contributed by atoms with Crippen molar-refractivity contribution in [1.82, 2.24) is 10.2 Å². The molecule has 1 amide bonds. The SMILES string of the molecule is COc1ccc(-c2nnc(NC(=O)CN(c3ccc(F)cc3)S(=O)(=O)c3ccc(OC)cc3)s2)cc1. The number of rotatable bonds is 9. The smallest absolute Gasteiger partial charge is 0.264 e. The Morgan fingerprint density at radius 1 is 0.917 bits per heavy atom. The monoisotopic (exact) mass is 528 g/mol. The molecule has 0 aliphatic heterocycles. The van der Waals surface area contributed by atoms with Crippen LogP contribution in [-0.4, -0.2) is 45.3 Å². The Morgan fingerprint density at radius 2 is 1.50 bits per heavy atom. The van der Waals surface area contributed by atoms with Crippen molar-refractivity contribution in [3.05, 3.63) is 78.6 Å². The van der Waals surface area contributed by atoms with Gasteiger partial charge >= 0.3 is 0 Å². The molecule has 0 fully saturated rings. The third-order valence-electron chi connectivity index (χ3n) is 5.06. The van der Waals surface area contributed by atoms with Crippen molar-refractivity contribution in [2.45, 2.75) is 4.90 Å². The van der Waals surface area contributed by atoms with Gasteiger partial charge in [0.2, 0.25) is 11.0 Å². The Hall–Kier alpha value is -4.03. The minimum Gasteiger partial charge on any atom is -0.497 e. The number of halogens is 1. The molecule has 12 heteroatoms. The largest absolute Gasteiger partial charge is 0.497 e. The molecule has 0 aliphatic carbocycles. The molecule has 0 spiro atoms. The minimum atomic E-state index is -4.17. The molecule has 4 aromatic rings. The van der Waals surface area contributed by atoms with Crippen molar-refractivity contribution >= 4 is 38.1 Å². The predicted molar refractivity (Wildman–Crippen MR) is 134 cm³/mol. The lowest BCUT2D eigenvalue weighted by molar-refractivity contribution is -0.114. The number of ether oxygens (including phenoxy) is 2. The molecule has 3 aromatic carbocycles. The Morgan fingerprint density at radius 3 is 2.08 bits per heavy atom. The summed E-state index contributed by atoms with van der Waals surface area (Å²) in [5.41, 5.74) is 0.905. The maximum atomic E-state index is 13.5. The van der Waals surface area contributed by atoms with Crippen molar-refractivity contribution in [3.63, 3.8) is 0 Å². The molecule has 4 rings (SSSR count). The van der Waals surface area contributed by atoms with Crippen LogP contribution in [0.4, 0.5) is 15.2 Å². The van der Waals surface area contributed by atoms with Crippen LogP contribution in [0.3, 0.4) is 0 Å². The van der Waals surface area contributed by atoms with Gasteiger partial charge in [0.1, 0.15) is 28.9 Å². The van der Waals surface area contributed by atoms with E-state index < -0.39 is 28.3 Å². The number of benzene rings is 3. The molecule has 0 aliphatic rings. The summed E-state index contributed by atoms with van der Waals surface area (Å²) in [7, 11) is -1.14. The number of amides is 1. The number of carbonyl (C=O) groups excluding carboxylic acids is 1. The summed E-state index contributed by atoms with van der Waals surface area (Å²) in [5.74, 6) is -0.0153. The quantitative estimate of drug-likeness (QED) is 0.347. The third-order valence-corrected chi connectivity index (χ3v) is 7.73. The minimum absolute atomic E-state index is 0.0573. The van der Waals surface area contributed by atoms with E-state index in [1.807, 2.05) is 12.1 Å². The number of carbonyl (C=O) groups is 1. The van der Waals surface area contributed by atoms with E-state index in [1.165, 1.54) is 43.5 Å². The van der Waals surface area contributed by atoms with Crippen LogP contribution in [0.2, 0.25) is 0 Å². The second-order valence-corrected chi connectivity index (χ2v) is 10.2. The summed E-state index contributed by atoms with van der Waals surface area (Å²) in [4.78, 5) is 12.8. The maximum absolute atomic E-state index is 13.5. The zero-order valence-electron chi connectivity index (χ0n) is 19.2. The van der Waals surface area contributed by atoms with E-state index >= 15 is 0 Å². The molecule has 36 heavy (non-hydrogen) atoms. The van der Waals surface area contributed by atoms with E-state index in [9.17, 15) is 17.6 Å². The fourth-order valence-electron chi connectivity index (χ4n) is 3.21. The van der Waals surface area contributed by atoms with E-state index in [2.05, 4.69) is 15.5 Å². The molecule has 186 valence electrons. The Kier molecular flexibility index (Phi) is 7.46. The van der Waals surface area contributed by atoms with Gasteiger partial charge < -0.3 is 9.47 Å². The first-order valence-corrected chi connectivity index (χ1v) is 12.8. The summed E-state index contributed by atoms with van der Waals surface area (Å²) in [6.45, 7) is -0.572. The van der Waals surface area contributed by atoms with E-state index in [0.717, 1.165) is 33.3 Å². The van der Waals surface area contributed by atoms with Gasteiger partial charge in [-0.3, -0.25) is 14.4 Å². The van der Waals surface area contributed by atoms with Crippen LogP contribution in [0.5, 0.6) is 11.5 Å². The molecular weight excluding hydrogens is 507 g/mol. The first kappa shape index (κ1) is 25.1. The molecule has 9 nitrogen and oxygen atoms in total. The van der Waals surface area contributed by atoms with Gasteiger partial charge in [0.05, 0.1) is 24.8 Å². The van der Waals surface area contributed by atoms with Gasteiger partial charge in [-0.2, -0.15) is 0 Å². The van der Waals surface area contributed by atoms with Crippen molar-refractivity contribution in [2.75, 3.05) is 30.4 Å². The van der Waals surface area contributed by atoms with Gasteiger partial charge in [-0.05, 0) is 72.8 Å². The van der Waals surface area contributed by atoms with Crippen molar-refractivity contribution in [3.8, 4) is 22.1 Å². The van der Waals surface area contributed by atoms with E-state index in [4.69, 9.17) is 9.47 Å². The molecule has 0 unspecified atom stereocenters. The molecule has 1 aromatic heterocycles. The van der Waals surface area contributed by atoms with Crippen LogP contribution in [0.15, 0.2) is 77.7 Å². The van der Waals surface area contributed by atoms with Gasteiger partial charge in [0.25, 0.3) is 10.0 Å². The fourth-order valence-corrected chi connectivity index (χ4v) is 5.40. The van der Waals surface area contributed by atoms with Crippen LogP contribution in [-0.2, 0) is 14.8 Å². The highest BCUT2D eigenvalue weighted by molar-refractivity contribution is 7.92. The Bertz CT molecular complexity index is 1440. The average molecular weight is 529 g/mol. The topological polar surface area (TPSA) is 111 Å². The van der Waals surface area contributed by atoms with E-state index in [1.54, 1.807) is 19.2 Å². The lowest BCUT2D eigenvalue weighted by atomic mass is 10.2. The highest BCUT2D eigenvalue weighted by atomic mass is 32.2. The number of anilines is 2. The zero-order valence-corrected chi connectivity index (χ0v) is 20.8. The third kappa shape index (κ3) is 5.61. The second-order valence-electron chi connectivity index (χ2n) is 7.35. The summed E-state index contributed by atoms with van der Waals surface area (Å²) in [6, 6.07) is 17.7. The fraction of sp³-hybridized carbons (Fsp3) is 0.125. The van der Waals surface area contributed by atoms with Crippen LogP contribution >= 0.6 is 11.3 Å². The van der Waals surface area contributed by atoms with Crippen LogP contribution < -0.4 is 19.1 Å². The van der Waals surface area contributed by atoms with E-state index in [0.29, 0.717) is 16.5 Å². The summed E-state index contributed by atoms with van der Waals surface area (Å²) >= 11 is 1.13. The molecular formula is C24H21FN4O5S2. The molecule has 0 saturated heterocycles. The summed E-state index contributed by atoms with van der Waals surface area (Å²) < 4.78 is 51.5. The molecule has 0 bridgehead atoms. The maximum Gasteiger partial charge on any atom is 0.264 e. The lowest BCUT2D eigenvalue weighted by Gasteiger charge is -2.24. The summed E-state index contributed by atoms with van der Waals surface area (Å²) in [6.07, 6.45) is 0. The van der Waals surface area contributed by atoms with Crippen LogP contribution in [0, 0.1) is 5.82 Å². The number of aromatic nitrogens is 2. The molecule has 1 N–H and O–H groups in total. The van der Waals surface area contributed by atoms with Gasteiger partial charge in [-0.15, -0.1) is 10.2 Å². The zero-order chi connectivity index (χ0) is 25.7. The van der Waals surface area contributed by atoms with Crippen molar-refractivity contribution in [1.29, 1.82) is 0 Å². The number of hydrogen-bond donors (Lipinski definition) is 1. The number of nitrogens with zero attached hydrogens (tertiary/aromatic N) is 3. The normalized spacial score (nSPS) is 11.1. The Balaban J connectivity index is 1.56. The number of sulfonamides is 1. The average Bonchev–Trinajstić information content (AvgIpc) is 3.36. The second kappa shape index (κ2) is 10.7. The first-order chi connectivity index (χ1) is 17.3. The first-order valence-electron chi connectivity index (χ1n) is 10.5. The highest BCUT2D eigenvalue weighted by Crippen LogP contribution is 2.29. The van der Waals surface area contributed by atoms with Gasteiger partial charge in [0.15, 0.2) is 0 Å². The van der Waals surface area contributed by atoms with Gasteiger partial charge in [-0.1, -0.05) is 11.3 Å². The van der Waals surface area contributed by atoms with Crippen molar-refractivity contribution < 1.29 is 27.1 Å². The molecule has 0 saturated carbocycles. The van der Waals surface area contributed by atoms with Crippen LogP contribution in [0.1, 0.15) is 0 Å². The van der Waals surface area contributed by atoms with Crippen LogP contribution in [0.25, 0.3) is 10.6 Å². The highest BCUT2D eigenvalue weighted by Gasteiger charge is 2.28. The molecule has 0 atom stereocenters. The van der Waals surface area contributed by atoms with Gasteiger partial charge in [-0.25, -0.2) is 12.8 Å². The lowest BCUT2D eigenvalue weighted by Crippen LogP contribution is -2.38.